The summed E-state index contributed by atoms with van der Waals surface area (Å²) in [4.78, 5) is 17.3. The molecule has 1 amide bonds. The third-order valence-corrected chi connectivity index (χ3v) is 4.76. The minimum Gasteiger partial charge on any atom is -0.444 e. The normalized spacial score (nSPS) is 22.4. The summed E-state index contributed by atoms with van der Waals surface area (Å²) in [6.45, 7) is 4.72. The number of ether oxygens (including phenoxy) is 1. The fourth-order valence-electron chi connectivity index (χ4n) is 3.22. The van der Waals surface area contributed by atoms with E-state index in [4.69, 9.17) is 4.74 Å². The first-order chi connectivity index (χ1) is 11.8. The van der Waals surface area contributed by atoms with Crippen LogP contribution in [0.4, 0.5) is 23.7 Å². The summed E-state index contributed by atoms with van der Waals surface area (Å²) >= 11 is 0. The highest BCUT2D eigenvalue weighted by Gasteiger charge is 2.31. The van der Waals surface area contributed by atoms with Crippen LogP contribution in [0, 0.1) is 0 Å². The SMILES string of the molecule is CN1CC(CCN2CCN(c3ccc(C(F)(F)F)cc3)CC2)OC1=O. The molecule has 0 aromatic heterocycles. The zero-order chi connectivity index (χ0) is 18.0. The second-order valence-corrected chi connectivity index (χ2v) is 6.55. The van der Waals surface area contributed by atoms with Gasteiger partial charge in [-0.15, -0.1) is 0 Å². The highest BCUT2D eigenvalue weighted by Crippen LogP contribution is 2.30. The van der Waals surface area contributed by atoms with E-state index in [2.05, 4.69) is 9.80 Å². The molecular weight excluding hydrogens is 335 g/mol. The Bertz CT molecular complexity index is 598. The van der Waals surface area contributed by atoms with Crippen LogP contribution in [0.5, 0.6) is 0 Å². The van der Waals surface area contributed by atoms with Gasteiger partial charge in [-0.3, -0.25) is 4.90 Å². The summed E-state index contributed by atoms with van der Waals surface area (Å²) in [6, 6.07) is 5.33. The van der Waals surface area contributed by atoms with Crippen LogP contribution in [0.15, 0.2) is 24.3 Å². The highest BCUT2D eigenvalue weighted by atomic mass is 19.4. The molecule has 1 aromatic rings. The number of carbonyl (C=O) groups is 1. The minimum absolute atomic E-state index is 0.0505. The van der Waals surface area contributed by atoms with E-state index < -0.39 is 11.7 Å². The molecule has 138 valence electrons. The number of carbonyl (C=O) groups excluding carboxylic acids is 1. The summed E-state index contributed by atoms with van der Waals surface area (Å²) in [6.07, 6.45) is -3.81. The van der Waals surface area contributed by atoms with E-state index in [1.807, 2.05) is 0 Å². The molecule has 2 fully saturated rings. The molecule has 0 aliphatic carbocycles. The van der Waals surface area contributed by atoms with Gasteiger partial charge < -0.3 is 14.5 Å². The van der Waals surface area contributed by atoms with Crippen molar-refractivity contribution in [2.45, 2.75) is 18.7 Å². The van der Waals surface area contributed by atoms with E-state index in [0.717, 1.165) is 57.0 Å². The van der Waals surface area contributed by atoms with Gasteiger partial charge in [0.2, 0.25) is 0 Å². The first-order valence-electron chi connectivity index (χ1n) is 8.39. The first-order valence-corrected chi connectivity index (χ1v) is 8.39. The van der Waals surface area contributed by atoms with Crippen molar-refractivity contribution in [3.8, 4) is 0 Å². The van der Waals surface area contributed by atoms with Crippen LogP contribution < -0.4 is 4.90 Å². The topological polar surface area (TPSA) is 36.0 Å². The van der Waals surface area contributed by atoms with Gasteiger partial charge in [-0.05, 0) is 30.7 Å². The lowest BCUT2D eigenvalue weighted by atomic mass is 10.1. The lowest BCUT2D eigenvalue weighted by Gasteiger charge is -2.36. The van der Waals surface area contributed by atoms with E-state index in [1.54, 1.807) is 11.9 Å². The third kappa shape index (κ3) is 4.36. The van der Waals surface area contributed by atoms with Crippen molar-refractivity contribution in [1.82, 2.24) is 9.80 Å². The monoisotopic (exact) mass is 357 g/mol. The van der Waals surface area contributed by atoms with Crippen LogP contribution in [-0.2, 0) is 10.9 Å². The van der Waals surface area contributed by atoms with Crippen LogP contribution in [-0.4, -0.2) is 68.3 Å². The van der Waals surface area contributed by atoms with Gasteiger partial charge in [0, 0.05) is 45.5 Å². The average Bonchev–Trinajstić information content (AvgIpc) is 2.91. The second kappa shape index (κ2) is 7.11. The van der Waals surface area contributed by atoms with Gasteiger partial charge in [-0.25, -0.2) is 4.79 Å². The van der Waals surface area contributed by atoms with Crippen molar-refractivity contribution in [3.05, 3.63) is 29.8 Å². The van der Waals surface area contributed by atoms with Crippen molar-refractivity contribution in [1.29, 1.82) is 0 Å². The Labute approximate surface area is 144 Å². The van der Waals surface area contributed by atoms with Gasteiger partial charge in [-0.1, -0.05) is 0 Å². The summed E-state index contributed by atoms with van der Waals surface area (Å²) in [5.74, 6) is 0. The van der Waals surface area contributed by atoms with Crippen LogP contribution in [0.3, 0.4) is 0 Å². The zero-order valence-corrected chi connectivity index (χ0v) is 14.1. The number of halogens is 3. The van der Waals surface area contributed by atoms with E-state index in [0.29, 0.717) is 6.54 Å². The molecule has 3 rings (SSSR count). The molecule has 2 aliphatic heterocycles. The predicted octanol–water partition coefficient (Wildman–Crippen LogP) is 2.67. The van der Waals surface area contributed by atoms with E-state index >= 15 is 0 Å². The minimum atomic E-state index is -4.30. The number of rotatable bonds is 4. The molecule has 2 heterocycles. The molecule has 0 bridgehead atoms. The van der Waals surface area contributed by atoms with Crippen molar-refractivity contribution in [2.24, 2.45) is 0 Å². The fourth-order valence-corrected chi connectivity index (χ4v) is 3.22. The van der Waals surface area contributed by atoms with Gasteiger partial charge in [-0.2, -0.15) is 13.2 Å². The van der Waals surface area contributed by atoms with Crippen molar-refractivity contribution in [3.63, 3.8) is 0 Å². The molecule has 2 saturated heterocycles. The highest BCUT2D eigenvalue weighted by molar-refractivity contribution is 5.69. The molecule has 25 heavy (non-hydrogen) atoms. The average molecular weight is 357 g/mol. The first kappa shape index (κ1) is 17.8. The number of benzene rings is 1. The molecule has 1 aromatic carbocycles. The number of piperazine rings is 1. The summed E-state index contributed by atoms with van der Waals surface area (Å²) in [5, 5.41) is 0. The Morgan fingerprint density at radius 2 is 1.76 bits per heavy atom. The maximum Gasteiger partial charge on any atom is 0.416 e. The Balaban J connectivity index is 1.45. The number of cyclic esters (lactones) is 1. The molecule has 8 heteroatoms. The van der Waals surface area contributed by atoms with Crippen molar-refractivity contribution < 1.29 is 22.7 Å². The molecule has 1 unspecified atom stereocenters. The Hall–Kier alpha value is -1.96. The number of amides is 1. The Morgan fingerprint density at radius 3 is 2.28 bits per heavy atom. The molecule has 5 nitrogen and oxygen atoms in total. The standard InChI is InChI=1S/C17H22F3N3O2/c1-21-12-15(25-16(21)24)6-7-22-8-10-23(11-9-22)14-4-2-13(3-5-14)17(18,19)20/h2-5,15H,6-12H2,1H3. The summed E-state index contributed by atoms with van der Waals surface area (Å²) in [7, 11) is 1.73. The fraction of sp³-hybridized carbons (Fsp3) is 0.588. The zero-order valence-electron chi connectivity index (χ0n) is 14.1. The van der Waals surface area contributed by atoms with Crippen LogP contribution in [0.25, 0.3) is 0 Å². The smallest absolute Gasteiger partial charge is 0.416 e. The van der Waals surface area contributed by atoms with E-state index in [1.165, 1.54) is 12.1 Å². The van der Waals surface area contributed by atoms with Gasteiger partial charge >= 0.3 is 12.3 Å². The van der Waals surface area contributed by atoms with Crippen molar-refractivity contribution >= 4 is 11.8 Å². The number of alkyl halides is 3. The lowest BCUT2D eigenvalue weighted by Crippen LogP contribution is -2.47. The summed E-state index contributed by atoms with van der Waals surface area (Å²) < 4.78 is 43.1. The number of hydrogen-bond acceptors (Lipinski definition) is 4. The quantitative estimate of drug-likeness (QED) is 0.830. The van der Waals surface area contributed by atoms with Gasteiger partial charge in [0.05, 0.1) is 12.1 Å². The maximum atomic E-state index is 12.6. The Kier molecular flexibility index (Phi) is 5.08. The number of anilines is 1. The number of likely N-dealkylation sites (N-methyl/N-ethyl adjacent to an activating group) is 1. The largest absolute Gasteiger partial charge is 0.444 e. The summed E-state index contributed by atoms with van der Waals surface area (Å²) in [5.41, 5.74) is 0.199. The van der Waals surface area contributed by atoms with Crippen LogP contribution in [0.2, 0.25) is 0 Å². The molecule has 2 aliphatic rings. The maximum absolute atomic E-state index is 12.6. The molecule has 0 radical (unpaired) electrons. The molecule has 0 saturated carbocycles. The van der Waals surface area contributed by atoms with Crippen molar-refractivity contribution in [2.75, 3.05) is 51.2 Å². The third-order valence-electron chi connectivity index (χ3n) is 4.76. The van der Waals surface area contributed by atoms with E-state index in [9.17, 15) is 18.0 Å². The van der Waals surface area contributed by atoms with E-state index in [-0.39, 0.29) is 12.2 Å². The lowest BCUT2D eigenvalue weighted by molar-refractivity contribution is -0.137. The second-order valence-electron chi connectivity index (χ2n) is 6.55. The van der Waals surface area contributed by atoms with Crippen LogP contribution >= 0.6 is 0 Å². The Morgan fingerprint density at radius 1 is 1.12 bits per heavy atom. The molecular formula is C17H22F3N3O2. The number of nitrogens with zero attached hydrogens (tertiary/aromatic N) is 3. The number of hydrogen-bond donors (Lipinski definition) is 0. The van der Waals surface area contributed by atoms with Crippen LogP contribution in [0.1, 0.15) is 12.0 Å². The predicted molar refractivity (Wildman–Crippen MR) is 87.6 cm³/mol. The van der Waals surface area contributed by atoms with Gasteiger partial charge in [0.1, 0.15) is 6.10 Å². The molecule has 0 spiro atoms. The van der Waals surface area contributed by atoms with Gasteiger partial charge in [0.15, 0.2) is 0 Å². The molecule has 0 N–H and O–H groups in total. The molecule has 1 atom stereocenters. The van der Waals surface area contributed by atoms with Gasteiger partial charge in [0.25, 0.3) is 0 Å².